The van der Waals surface area contributed by atoms with E-state index >= 15 is 0 Å². The predicted octanol–water partition coefficient (Wildman–Crippen LogP) is 2.84. The zero-order chi connectivity index (χ0) is 14.4. The summed E-state index contributed by atoms with van der Waals surface area (Å²) >= 11 is 0. The summed E-state index contributed by atoms with van der Waals surface area (Å²) in [6, 6.07) is 5.63. The van der Waals surface area contributed by atoms with Crippen LogP contribution < -0.4 is 5.73 Å². The van der Waals surface area contributed by atoms with Gasteiger partial charge >= 0.3 is 0 Å². The topological polar surface area (TPSA) is 69.9 Å². The van der Waals surface area contributed by atoms with Gasteiger partial charge in [0.15, 0.2) is 5.58 Å². The first kappa shape index (κ1) is 12.4. The van der Waals surface area contributed by atoms with E-state index in [0.29, 0.717) is 18.1 Å². The summed E-state index contributed by atoms with van der Waals surface area (Å²) in [4.78, 5) is 9.22. The number of imidazole rings is 1. The second-order valence-corrected chi connectivity index (χ2v) is 5.65. The van der Waals surface area contributed by atoms with Gasteiger partial charge in [0.25, 0.3) is 0 Å². The largest absolute Gasteiger partial charge is 0.439 e. The molecule has 2 N–H and O–H groups in total. The molecule has 2 heterocycles. The fourth-order valence-electron chi connectivity index (χ4n) is 3.16. The number of nitrogen functional groups attached to an aromatic ring is 1. The van der Waals surface area contributed by atoms with Crippen LogP contribution in [-0.2, 0) is 19.4 Å². The number of fused-ring (bicyclic) bond motifs is 2. The number of aromatic nitrogens is 3. The molecule has 4 rings (SSSR count). The predicted molar refractivity (Wildman–Crippen MR) is 81.1 cm³/mol. The highest BCUT2D eigenvalue weighted by atomic mass is 16.3. The summed E-state index contributed by atoms with van der Waals surface area (Å²) in [5, 5.41) is 0. The van der Waals surface area contributed by atoms with Crippen LogP contribution in [0.2, 0.25) is 0 Å². The third kappa shape index (κ3) is 2.00. The Morgan fingerprint density at radius 1 is 1.24 bits per heavy atom. The third-order valence-corrected chi connectivity index (χ3v) is 4.21. The summed E-state index contributed by atoms with van der Waals surface area (Å²) < 4.78 is 8.06. The van der Waals surface area contributed by atoms with E-state index in [0.717, 1.165) is 29.8 Å². The number of oxazole rings is 1. The maximum atomic E-state index is 5.94. The van der Waals surface area contributed by atoms with Gasteiger partial charge in [0.2, 0.25) is 5.89 Å². The minimum absolute atomic E-state index is 0.627. The fraction of sp³-hybridized carbons (Fsp3) is 0.375. The Kier molecular flexibility index (Phi) is 2.74. The lowest BCUT2D eigenvalue weighted by molar-refractivity contribution is 0.495. The van der Waals surface area contributed by atoms with Gasteiger partial charge in [0.05, 0.1) is 11.4 Å². The molecule has 21 heavy (non-hydrogen) atoms. The Balaban J connectivity index is 1.75. The number of aryl methyl sites for hydroxylation is 2. The second kappa shape index (κ2) is 4.62. The molecule has 0 spiro atoms. The van der Waals surface area contributed by atoms with E-state index < -0.39 is 0 Å². The van der Waals surface area contributed by atoms with Crippen LogP contribution in [0.25, 0.3) is 11.1 Å². The van der Waals surface area contributed by atoms with E-state index in [1.807, 2.05) is 18.2 Å². The first-order chi connectivity index (χ1) is 10.2. The number of rotatable bonds is 2. The first-order valence-corrected chi connectivity index (χ1v) is 7.41. The normalized spacial score (nSPS) is 14.5. The van der Waals surface area contributed by atoms with Crippen molar-refractivity contribution in [2.45, 2.75) is 39.2 Å². The van der Waals surface area contributed by atoms with Crippen molar-refractivity contribution in [2.75, 3.05) is 5.73 Å². The number of nitrogens with two attached hydrogens (primary N) is 1. The van der Waals surface area contributed by atoms with Crippen LogP contribution in [0.4, 0.5) is 5.69 Å². The Labute approximate surface area is 122 Å². The molecule has 0 fully saturated rings. The molecule has 0 unspecified atom stereocenters. The van der Waals surface area contributed by atoms with E-state index in [1.54, 1.807) is 0 Å². The van der Waals surface area contributed by atoms with Crippen LogP contribution in [-0.4, -0.2) is 14.5 Å². The number of anilines is 1. The Morgan fingerprint density at radius 2 is 2.10 bits per heavy atom. The fourth-order valence-corrected chi connectivity index (χ4v) is 3.16. The average Bonchev–Trinajstić information content (AvgIpc) is 3.02. The molecule has 0 atom stereocenters. The molecule has 0 amide bonds. The van der Waals surface area contributed by atoms with Gasteiger partial charge in [-0.25, -0.2) is 9.97 Å². The molecule has 1 aromatic carbocycles. The highest BCUT2D eigenvalue weighted by Gasteiger charge is 2.19. The van der Waals surface area contributed by atoms with Crippen molar-refractivity contribution in [3.63, 3.8) is 0 Å². The van der Waals surface area contributed by atoms with Gasteiger partial charge in [-0.05, 0) is 44.7 Å². The molecule has 2 aromatic heterocycles. The maximum absolute atomic E-state index is 5.94. The van der Waals surface area contributed by atoms with E-state index in [9.17, 15) is 0 Å². The van der Waals surface area contributed by atoms with Crippen molar-refractivity contribution >= 4 is 16.8 Å². The van der Waals surface area contributed by atoms with Crippen molar-refractivity contribution in [3.05, 3.63) is 41.3 Å². The number of benzene rings is 1. The monoisotopic (exact) mass is 282 g/mol. The smallest absolute Gasteiger partial charge is 0.215 e. The summed E-state index contributed by atoms with van der Waals surface area (Å²) in [5.74, 6) is 1.73. The Hall–Kier alpha value is -2.30. The molecule has 1 aliphatic rings. The number of nitrogens with zero attached hydrogens (tertiary/aromatic N) is 3. The van der Waals surface area contributed by atoms with Crippen molar-refractivity contribution in [2.24, 2.45) is 0 Å². The van der Waals surface area contributed by atoms with Gasteiger partial charge in [-0.1, -0.05) is 6.07 Å². The lowest BCUT2D eigenvalue weighted by atomic mass is 10.0. The zero-order valence-corrected chi connectivity index (χ0v) is 12.1. The molecule has 3 aromatic rings. The van der Waals surface area contributed by atoms with Crippen molar-refractivity contribution < 1.29 is 4.42 Å². The van der Waals surface area contributed by atoms with Crippen molar-refractivity contribution in [1.82, 2.24) is 14.5 Å². The molecule has 0 saturated carbocycles. The van der Waals surface area contributed by atoms with E-state index in [-0.39, 0.29) is 0 Å². The minimum atomic E-state index is 0.627. The van der Waals surface area contributed by atoms with Crippen molar-refractivity contribution in [1.29, 1.82) is 0 Å². The first-order valence-electron chi connectivity index (χ1n) is 7.41. The quantitative estimate of drug-likeness (QED) is 0.734. The summed E-state index contributed by atoms with van der Waals surface area (Å²) in [7, 11) is 0. The number of para-hydroxylation sites is 1. The molecule has 0 radical (unpaired) electrons. The molecule has 5 heteroatoms. The summed E-state index contributed by atoms with van der Waals surface area (Å²) in [6.07, 6.45) is 4.66. The van der Waals surface area contributed by atoms with Gasteiger partial charge in [0.1, 0.15) is 17.9 Å². The number of hydrogen-bond acceptors (Lipinski definition) is 4. The molecule has 5 nitrogen and oxygen atoms in total. The highest BCUT2D eigenvalue weighted by molar-refractivity contribution is 5.85. The van der Waals surface area contributed by atoms with Crippen LogP contribution in [0.3, 0.4) is 0 Å². The Morgan fingerprint density at radius 3 is 2.95 bits per heavy atom. The minimum Gasteiger partial charge on any atom is -0.439 e. The van der Waals surface area contributed by atoms with Crippen LogP contribution >= 0.6 is 0 Å². The lowest BCUT2D eigenvalue weighted by Gasteiger charge is -2.13. The van der Waals surface area contributed by atoms with Crippen LogP contribution in [0, 0.1) is 6.92 Å². The SMILES string of the molecule is Cc1nc2c(n1Cc1nc3c(N)cccc3o1)CCCC2. The molecule has 0 aliphatic heterocycles. The van der Waals surface area contributed by atoms with Gasteiger partial charge in [-0.2, -0.15) is 0 Å². The van der Waals surface area contributed by atoms with Gasteiger partial charge in [-0.15, -0.1) is 0 Å². The standard InChI is InChI=1S/C16H18N4O/c1-10-18-12-6-2-3-7-13(12)20(10)9-15-19-16-11(17)5-4-8-14(16)21-15/h4-5,8H,2-3,6-7,9,17H2,1H3. The van der Waals surface area contributed by atoms with E-state index in [4.69, 9.17) is 10.2 Å². The molecule has 108 valence electrons. The van der Waals surface area contributed by atoms with E-state index in [2.05, 4.69) is 21.5 Å². The van der Waals surface area contributed by atoms with Gasteiger partial charge < -0.3 is 14.7 Å². The highest BCUT2D eigenvalue weighted by Crippen LogP contribution is 2.25. The van der Waals surface area contributed by atoms with Crippen LogP contribution in [0.1, 0.15) is 35.9 Å². The molecular weight excluding hydrogens is 264 g/mol. The third-order valence-electron chi connectivity index (χ3n) is 4.21. The summed E-state index contributed by atoms with van der Waals surface area (Å²) in [5.41, 5.74) is 10.7. The van der Waals surface area contributed by atoms with E-state index in [1.165, 1.54) is 24.2 Å². The number of hydrogen-bond donors (Lipinski definition) is 1. The maximum Gasteiger partial charge on any atom is 0.215 e. The molecule has 0 bridgehead atoms. The second-order valence-electron chi connectivity index (χ2n) is 5.65. The summed E-state index contributed by atoms with van der Waals surface area (Å²) in [6.45, 7) is 2.68. The zero-order valence-electron chi connectivity index (χ0n) is 12.1. The van der Waals surface area contributed by atoms with Crippen molar-refractivity contribution in [3.8, 4) is 0 Å². The van der Waals surface area contributed by atoms with Gasteiger partial charge in [0, 0.05) is 5.69 Å². The molecule has 1 aliphatic carbocycles. The average molecular weight is 282 g/mol. The van der Waals surface area contributed by atoms with Crippen LogP contribution in [0.5, 0.6) is 0 Å². The Bertz CT molecular complexity index is 815. The lowest BCUT2D eigenvalue weighted by Crippen LogP contribution is -2.10. The van der Waals surface area contributed by atoms with Crippen LogP contribution in [0.15, 0.2) is 22.6 Å². The van der Waals surface area contributed by atoms with Gasteiger partial charge in [-0.3, -0.25) is 0 Å². The molecule has 0 saturated heterocycles. The molecular formula is C16H18N4O.